The van der Waals surface area contributed by atoms with E-state index in [1.807, 2.05) is 61.5 Å². The van der Waals surface area contributed by atoms with Gasteiger partial charge in [-0.15, -0.1) is 10.2 Å². The molecule has 1 heterocycles. The molecule has 0 fully saturated rings. The minimum atomic E-state index is -0.286. The lowest BCUT2D eigenvalue weighted by atomic mass is 10.2. The Kier molecular flexibility index (Phi) is 4.29. The van der Waals surface area contributed by atoms with Crippen molar-refractivity contribution in [1.82, 2.24) is 10.2 Å². The van der Waals surface area contributed by atoms with Gasteiger partial charge >= 0.3 is 0 Å². The SMILES string of the molecule is Cc1ccc(Nc2ccc(C(=O)Nc3ccccc3)nn2)cc1. The summed E-state index contributed by atoms with van der Waals surface area (Å²) < 4.78 is 0. The van der Waals surface area contributed by atoms with E-state index in [9.17, 15) is 4.79 Å². The van der Waals surface area contributed by atoms with E-state index in [0.717, 1.165) is 11.4 Å². The van der Waals surface area contributed by atoms with Gasteiger partial charge in [0.2, 0.25) is 0 Å². The topological polar surface area (TPSA) is 66.9 Å². The van der Waals surface area contributed by atoms with Gasteiger partial charge in [-0.25, -0.2) is 0 Å². The zero-order chi connectivity index (χ0) is 16.1. The third kappa shape index (κ3) is 3.91. The van der Waals surface area contributed by atoms with E-state index in [-0.39, 0.29) is 11.6 Å². The number of hydrogen-bond donors (Lipinski definition) is 2. The highest BCUT2D eigenvalue weighted by molar-refractivity contribution is 6.02. The fourth-order valence-corrected chi connectivity index (χ4v) is 2.02. The summed E-state index contributed by atoms with van der Waals surface area (Å²) >= 11 is 0. The Bertz CT molecular complexity index is 784. The highest BCUT2D eigenvalue weighted by atomic mass is 16.1. The maximum Gasteiger partial charge on any atom is 0.276 e. The number of aromatic nitrogens is 2. The first-order valence-electron chi connectivity index (χ1n) is 7.24. The van der Waals surface area contributed by atoms with Crippen LogP contribution >= 0.6 is 0 Å². The lowest BCUT2D eigenvalue weighted by Crippen LogP contribution is -2.14. The van der Waals surface area contributed by atoms with Gasteiger partial charge in [0.15, 0.2) is 11.5 Å². The molecule has 0 unspecified atom stereocenters. The summed E-state index contributed by atoms with van der Waals surface area (Å²) in [5.74, 6) is 0.302. The first-order chi connectivity index (χ1) is 11.2. The van der Waals surface area contributed by atoms with Crippen molar-refractivity contribution >= 4 is 23.1 Å². The van der Waals surface area contributed by atoms with Crippen LogP contribution in [0.15, 0.2) is 66.7 Å². The average molecular weight is 304 g/mol. The molecule has 0 aliphatic carbocycles. The number of anilines is 3. The van der Waals surface area contributed by atoms with Crippen molar-refractivity contribution in [1.29, 1.82) is 0 Å². The Balaban J connectivity index is 1.66. The largest absolute Gasteiger partial charge is 0.339 e. The van der Waals surface area contributed by atoms with Crippen LogP contribution in [0.25, 0.3) is 0 Å². The lowest BCUT2D eigenvalue weighted by molar-refractivity contribution is 0.102. The van der Waals surface area contributed by atoms with Gasteiger partial charge in [-0.05, 0) is 43.3 Å². The Labute approximate surface area is 134 Å². The van der Waals surface area contributed by atoms with Crippen LogP contribution in [-0.2, 0) is 0 Å². The molecule has 0 aliphatic heterocycles. The number of aryl methyl sites for hydroxylation is 1. The average Bonchev–Trinajstić information content (AvgIpc) is 2.58. The van der Waals surface area contributed by atoms with Crippen molar-refractivity contribution in [3.63, 3.8) is 0 Å². The van der Waals surface area contributed by atoms with E-state index in [1.165, 1.54) is 5.56 Å². The Morgan fingerprint density at radius 1 is 0.826 bits per heavy atom. The molecule has 5 nitrogen and oxygen atoms in total. The Morgan fingerprint density at radius 3 is 2.22 bits per heavy atom. The van der Waals surface area contributed by atoms with Gasteiger partial charge < -0.3 is 10.6 Å². The molecule has 3 aromatic rings. The summed E-state index contributed by atoms with van der Waals surface area (Å²) in [6.07, 6.45) is 0. The molecule has 0 bridgehead atoms. The van der Waals surface area contributed by atoms with Crippen molar-refractivity contribution in [3.8, 4) is 0 Å². The van der Waals surface area contributed by atoms with Gasteiger partial charge in [-0.1, -0.05) is 35.9 Å². The van der Waals surface area contributed by atoms with Crippen molar-refractivity contribution in [2.24, 2.45) is 0 Å². The molecule has 3 rings (SSSR count). The maximum absolute atomic E-state index is 12.1. The van der Waals surface area contributed by atoms with Gasteiger partial charge in [0.05, 0.1) is 0 Å². The van der Waals surface area contributed by atoms with Gasteiger partial charge in [0.25, 0.3) is 5.91 Å². The van der Waals surface area contributed by atoms with Crippen LogP contribution in [-0.4, -0.2) is 16.1 Å². The highest BCUT2D eigenvalue weighted by Gasteiger charge is 2.08. The predicted octanol–water partition coefficient (Wildman–Crippen LogP) is 3.78. The number of para-hydroxylation sites is 1. The second-order valence-corrected chi connectivity index (χ2v) is 5.11. The second-order valence-electron chi connectivity index (χ2n) is 5.11. The van der Waals surface area contributed by atoms with E-state index >= 15 is 0 Å². The number of benzene rings is 2. The number of rotatable bonds is 4. The zero-order valence-electron chi connectivity index (χ0n) is 12.7. The van der Waals surface area contributed by atoms with Gasteiger partial charge in [-0.3, -0.25) is 4.79 Å². The number of hydrogen-bond acceptors (Lipinski definition) is 4. The van der Waals surface area contributed by atoms with Crippen LogP contribution in [0.1, 0.15) is 16.1 Å². The first kappa shape index (κ1) is 14.7. The molecule has 0 saturated carbocycles. The second kappa shape index (κ2) is 6.70. The van der Waals surface area contributed by atoms with E-state index < -0.39 is 0 Å². The molecule has 114 valence electrons. The molecule has 1 amide bonds. The van der Waals surface area contributed by atoms with Crippen molar-refractivity contribution in [2.75, 3.05) is 10.6 Å². The van der Waals surface area contributed by atoms with Crippen molar-refractivity contribution in [3.05, 3.63) is 78.0 Å². The number of carbonyl (C=O) groups excluding carboxylic acids is 1. The highest BCUT2D eigenvalue weighted by Crippen LogP contribution is 2.15. The number of carbonyl (C=O) groups is 1. The lowest BCUT2D eigenvalue weighted by Gasteiger charge is -2.06. The molecule has 2 aromatic carbocycles. The van der Waals surface area contributed by atoms with Gasteiger partial charge in [0.1, 0.15) is 0 Å². The van der Waals surface area contributed by atoms with Crippen LogP contribution in [0.3, 0.4) is 0 Å². The molecule has 0 radical (unpaired) electrons. The predicted molar refractivity (Wildman–Crippen MR) is 90.9 cm³/mol. The minimum Gasteiger partial charge on any atom is -0.339 e. The third-order valence-corrected chi connectivity index (χ3v) is 3.25. The van der Waals surface area contributed by atoms with Crippen LogP contribution in [0, 0.1) is 6.92 Å². The van der Waals surface area contributed by atoms with E-state index in [4.69, 9.17) is 0 Å². The third-order valence-electron chi connectivity index (χ3n) is 3.25. The van der Waals surface area contributed by atoms with Crippen LogP contribution in [0.4, 0.5) is 17.2 Å². The fourth-order valence-electron chi connectivity index (χ4n) is 2.02. The summed E-state index contributed by atoms with van der Waals surface area (Å²) in [4.78, 5) is 12.1. The standard InChI is InChI=1S/C18H16N4O/c1-13-7-9-15(10-8-13)19-17-12-11-16(21-22-17)18(23)20-14-5-3-2-4-6-14/h2-12H,1H3,(H,19,22)(H,20,23). The quantitative estimate of drug-likeness (QED) is 0.769. The van der Waals surface area contributed by atoms with Gasteiger partial charge in [0, 0.05) is 11.4 Å². The number of amides is 1. The zero-order valence-corrected chi connectivity index (χ0v) is 12.7. The van der Waals surface area contributed by atoms with Crippen LogP contribution in [0.2, 0.25) is 0 Å². The van der Waals surface area contributed by atoms with E-state index in [1.54, 1.807) is 12.1 Å². The van der Waals surface area contributed by atoms with Crippen molar-refractivity contribution in [2.45, 2.75) is 6.92 Å². The number of nitrogens with one attached hydrogen (secondary N) is 2. The first-order valence-corrected chi connectivity index (χ1v) is 7.24. The Morgan fingerprint density at radius 2 is 1.57 bits per heavy atom. The smallest absolute Gasteiger partial charge is 0.276 e. The Hall–Kier alpha value is -3.21. The van der Waals surface area contributed by atoms with Crippen LogP contribution < -0.4 is 10.6 Å². The van der Waals surface area contributed by atoms with Crippen LogP contribution in [0.5, 0.6) is 0 Å². The molecule has 1 aromatic heterocycles. The number of nitrogens with zero attached hydrogens (tertiary/aromatic N) is 2. The summed E-state index contributed by atoms with van der Waals surface area (Å²) in [6, 6.07) is 20.6. The van der Waals surface area contributed by atoms with Gasteiger partial charge in [-0.2, -0.15) is 0 Å². The summed E-state index contributed by atoms with van der Waals surface area (Å²) in [7, 11) is 0. The minimum absolute atomic E-state index is 0.267. The summed E-state index contributed by atoms with van der Waals surface area (Å²) in [5.41, 5.74) is 3.10. The summed E-state index contributed by atoms with van der Waals surface area (Å²) in [6.45, 7) is 2.03. The van der Waals surface area contributed by atoms with Crippen molar-refractivity contribution < 1.29 is 4.79 Å². The maximum atomic E-state index is 12.1. The normalized spacial score (nSPS) is 10.1. The molecule has 0 spiro atoms. The summed E-state index contributed by atoms with van der Waals surface area (Å²) in [5, 5.41) is 13.9. The molecule has 0 aliphatic rings. The molecule has 5 heteroatoms. The molecule has 0 atom stereocenters. The molecule has 23 heavy (non-hydrogen) atoms. The monoisotopic (exact) mass is 304 g/mol. The fraction of sp³-hybridized carbons (Fsp3) is 0.0556. The molecular weight excluding hydrogens is 288 g/mol. The molecular formula is C18H16N4O. The van der Waals surface area contributed by atoms with E-state index in [2.05, 4.69) is 20.8 Å². The molecule has 0 saturated heterocycles. The van der Waals surface area contributed by atoms with E-state index in [0.29, 0.717) is 5.82 Å². The molecule has 2 N–H and O–H groups in total.